The van der Waals surface area contributed by atoms with Gasteiger partial charge in [-0.3, -0.25) is 10.9 Å². The largest absolute Gasteiger partial charge is 0.256 e. The van der Waals surface area contributed by atoms with Crippen LogP contribution >= 0.6 is 11.6 Å². The van der Waals surface area contributed by atoms with E-state index in [4.69, 9.17) is 11.6 Å². The average molecular weight is 308 g/mol. The molecule has 0 spiro atoms. The molecule has 1 saturated heterocycles. The predicted molar refractivity (Wildman–Crippen MR) is 71.6 cm³/mol. The second kappa shape index (κ2) is 5.72. The predicted octanol–water partition coefficient (Wildman–Crippen LogP) is 0.763. The van der Waals surface area contributed by atoms with Gasteiger partial charge >= 0.3 is 0 Å². The highest BCUT2D eigenvalue weighted by molar-refractivity contribution is 7.88. The highest BCUT2D eigenvalue weighted by atomic mass is 35.5. The summed E-state index contributed by atoms with van der Waals surface area (Å²) in [6.45, 7) is 2.40. The number of hydrogen-bond acceptors (Lipinski definition) is 4. The van der Waals surface area contributed by atoms with E-state index in [2.05, 4.69) is 15.6 Å². The van der Waals surface area contributed by atoms with Crippen molar-refractivity contribution in [1.82, 2.24) is 15.6 Å². The van der Waals surface area contributed by atoms with Crippen LogP contribution in [-0.2, 0) is 15.8 Å². The lowest BCUT2D eigenvalue weighted by Gasteiger charge is -2.16. The van der Waals surface area contributed by atoms with Crippen molar-refractivity contribution in [2.75, 3.05) is 6.54 Å². The lowest BCUT2D eigenvalue weighted by atomic mass is 10.2. The van der Waals surface area contributed by atoms with Gasteiger partial charge in [0.2, 0.25) is 10.0 Å². The Labute approximate surface area is 116 Å². The highest BCUT2D eigenvalue weighted by Crippen LogP contribution is 2.17. The number of halogens is 2. The molecular weight excluding hydrogens is 293 g/mol. The molecular formula is C11H15ClFN3O2S. The molecule has 0 saturated carbocycles. The number of nitrogens with one attached hydrogen (secondary N) is 3. The molecule has 1 heterocycles. The van der Waals surface area contributed by atoms with Crippen LogP contribution in [0.25, 0.3) is 0 Å². The van der Waals surface area contributed by atoms with E-state index in [1.807, 2.05) is 6.92 Å². The zero-order valence-electron chi connectivity index (χ0n) is 10.3. The van der Waals surface area contributed by atoms with E-state index in [1.54, 1.807) is 0 Å². The van der Waals surface area contributed by atoms with Crippen molar-refractivity contribution in [3.8, 4) is 0 Å². The SMILES string of the molecule is CC1NNCC1NS(=O)(=O)Cc1ccc(F)c(Cl)c1. The van der Waals surface area contributed by atoms with E-state index in [0.717, 1.165) is 6.07 Å². The fourth-order valence-electron chi connectivity index (χ4n) is 1.87. The summed E-state index contributed by atoms with van der Waals surface area (Å²) in [5.74, 6) is -0.787. The molecule has 0 bridgehead atoms. The summed E-state index contributed by atoms with van der Waals surface area (Å²) >= 11 is 5.63. The summed E-state index contributed by atoms with van der Waals surface area (Å²) in [6, 6.07) is 3.70. The molecule has 1 aliphatic rings. The highest BCUT2D eigenvalue weighted by Gasteiger charge is 2.27. The van der Waals surface area contributed by atoms with Gasteiger partial charge in [-0.05, 0) is 24.6 Å². The van der Waals surface area contributed by atoms with Gasteiger partial charge in [0.15, 0.2) is 0 Å². The van der Waals surface area contributed by atoms with Crippen LogP contribution in [0, 0.1) is 5.82 Å². The Bertz CT molecular complexity index is 567. The maximum Gasteiger partial charge on any atom is 0.216 e. The molecule has 1 aromatic rings. The van der Waals surface area contributed by atoms with Crippen LogP contribution in [0.3, 0.4) is 0 Å². The van der Waals surface area contributed by atoms with Crippen molar-refractivity contribution in [3.63, 3.8) is 0 Å². The van der Waals surface area contributed by atoms with Gasteiger partial charge in [0.1, 0.15) is 5.82 Å². The molecule has 19 heavy (non-hydrogen) atoms. The van der Waals surface area contributed by atoms with Gasteiger partial charge in [0, 0.05) is 12.6 Å². The number of benzene rings is 1. The minimum atomic E-state index is -3.49. The smallest absolute Gasteiger partial charge is 0.216 e. The minimum Gasteiger partial charge on any atom is -0.256 e. The van der Waals surface area contributed by atoms with Crippen LogP contribution in [0.15, 0.2) is 18.2 Å². The van der Waals surface area contributed by atoms with E-state index < -0.39 is 15.8 Å². The van der Waals surface area contributed by atoms with Crippen molar-refractivity contribution in [2.24, 2.45) is 0 Å². The number of rotatable bonds is 4. The molecule has 2 atom stereocenters. The normalized spacial score (nSPS) is 23.7. The molecule has 1 aromatic carbocycles. The Balaban J connectivity index is 2.06. The quantitative estimate of drug-likeness (QED) is 0.768. The number of hydrogen-bond donors (Lipinski definition) is 3. The molecule has 2 unspecified atom stereocenters. The summed E-state index contributed by atoms with van der Waals surface area (Å²) in [4.78, 5) is 0. The first-order chi connectivity index (χ1) is 8.87. The maximum absolute atomic E-state index is 13.0. The Morgan fingerprint density at radius 1 is 1.53 bits per heavy atom. The third-order valence-electron chi connectivity index (χ3n) is 2.93. The van der Waals surface area contributed by atoms with Crippen molar-refractivity contribution in [3.05, 3.63) is 34.6 Å². The van der Waals surface area contributed by atoms with Gasteiger partial charge in [0.05, 0.1) is 16.8 Å². The molecule has 5 nitrogen and oxygen atoms in total. The van der Waals surface area contributed by atoms with Crippen molar-refractivity contribution in [2.45, 2.75) is 24.8 Å². The standard InChI is InChI=1S/C11H15ClFN3O2S/c1-7-11(5-14-15-7)16-19(17,18)6-8-2-3-10(13)9(12)4-8/h2-4,7,11,14-16H,5-6H2,1H3. The molecule has 0 aromatic heterocycles. The van der Waals surface area contributed by atoms with Crippen molar-refractivity contribution < 1.29 is 12.8 Å². The third kappa shape index (κ3) is 3.87. The second-order valence-corrected chi connectivity index (χ2v) is 6.71. The molecule has 1 aliphatic heterocycles. The fraction of sp³-hybridized carbons (Fsp3) is 0.455. The Hall–Kier alpha value is -0.730. The Kier molecular flexibility index (Phi) is 4.42. The summed E-state index contributed by atoms with van der Waals surface area (Å²) in [7, 11) is -3.49. The van der Waals surface area contributed by atoms with Gasteiger partial charge in [-0.2, -0.15) is 0 Å². The third-order valence-corrected chi connectivity index (χ3v) is 4.59. The first-order valence-electron chi connectivity index (χ1n) is 5.80. The summed E-state index contributed by atoms with van der Waals surface area (Å²) in [5, 5.41) is -0.0785. The van der Waals surface area contributed by atoms with Gasteiger partial charge in [-0.15, -0.1) is 0 Å². The van der Waals surface area contributed by atoms with Gasteiger partial charge < -0.3 is 0 Å². The summed E-state index contributed by atoms with van der Waals surface area (Å²) < 4.78 is 39.6. The molecule has 2 rings (SSSR count). The minimum absolute atomic E-state index is 0.00609. The lowest BCUT2D eigenvalue weighted by Crippen LogP contribution is -2.43. The zero-order valence-corrected chi connectivity index (χ0v) is 11.9. The zero-order chi connectivity index (χ0) is 14.0. The maximum atomic E-state index is 13.0. The van der Waals surface area contributed by atoms with Gasteiger partial charge in [0.25, 0.3) is 0 Å². The Morgan fingerprint density at radius 3 is 2.84 bits per heavy atom. The van der Waals surface area contributed by atoms with Gasteiger partial charge in [-0.1, -0.05) is 17.7 Å². The second-order valence-electron chi connectivity index (χ2n) is 4.55. The summed E-state index contributed by atoms with van der Waals surface area (Å²) in [5.41, 5.74) is 6.25. The first kappa shape index (κ1) is 14.7. The lowest BCUT2D eigenvalue weighted by molar-refractivity contribution is 0.521. The molecule has 0 amide bonds. The van der Waals surface area contributed by atoms with E-state index in [-0.39, 0.29) is 22.9 Å². The van der Waals surface area contributed by atoms with Crippen LogP contribution in [0.2, 0.25) is 5.02 Å². The van der Waals surface area contributed by atoms with Crippen molar-refractivity contribution in [1.29, 1.82) is 0 Å². The van der Waals surface area contributed by atoms with Crippen LogP contribution in [0.4, 0.5) is 4.39 Å². The van der Waals surface area contributed by atoms with Crippen LogP contribution < -0.4 is 15.6 Å². The van der Waals surface area contributed by atoms with Gasteiger partial charge in [-0.25, -0.2) is 17.5 Å². The molecule has 1 fully saturated rings. The number of hydrazine groups is 1. The van der Waals surface area contributed by atoms with Crippen molar-refractivity contribution >= 4 is 21.6 Å². The average Bonchev–Trinajstić information content (AvgIpc) is 2.68. The van der Waals surface area contributed by atoms with E-state index in [0.29, 0.717) is 12.1 Å². The fourth-order valence-corrected chi connectivity index (χ4v) is 3.53. The first-order valence-corrected chi connectivity index (χ1v) is 7.83. The van der Waals surface area contributed by atoms with Crippen LogP contribution in [0.1, 0.15) is 12.5 Å². The van der Waals surface area contributed by atoms with E-state index >= 15 is 0 Å². The molecule has 0 aliphatic carbocycles. The molecule has 8 heteroatoms. The molecule has 106 valence electrons. The van der Waals surface area contributed by atoms with E-state index in [9.17, 15) is 12.8 Å². The number of sulfonamides is 1. The van der Waals surface area contributed by atoms with Crippen LogP contribution in [-0.4, -0.2) is 27.0 Å². The summed E-state index contributed by atoms with van der Waals surface area (Å²) in [6.07, 6.45) is 0. The van der Waals surface area contributed by atoms with E-state index in [1.165, 1.54) is 12.1 Å². The molecule has 3 N–H and O–H groups in total. The topological polar surface area (TPSA) is 70.2 Å². The van der Waals surface area contributed by atoms with Crippen LogP contribution in [0.5, 0.6) is 0 Å². The molecule has 0 radical (unpaired) electrons. The Morgan fingerprint density at radius 2 is 2.26 bits per heavy atom. The monoisotopic (exact) mass is 307 g/mol.